The molecule has 2 aliphatic heterocycles. The number of nitrogens with zero attached hydrogens (tertiary/aromatic N) is 3. The van der Waals surface area contributed by atoms with Gasteiger partial charge in [0.25, 0.3) is 5.91 Å². The molecule has 2 fully saturated rings. The van der Waals surface area contributed by atoms with Crippen molar-refractivity contribution >= 4 is 22.6 Å². The Morgan fingerprint density at radius 2 is 1.94 bits per heavy atom. The van der Waals surface area contributed by atoms with Crippen molar-refractivity contribution in [2.24, 2.45) is 0 Å². The van der Waals surface area contributed by atoms with Crippen LogP contribution in [0.15, 0.2) is 48.5 Å². The molecule has 1 amide bonds. The summed E-state index contributed by atoms with van der Waals surface area (Å²) in [6.07, 6.45) is 1.89. The van der Waals surface area contributed by atoms with Crippen LogP contribution in [0.1, 0.15) is 28.8 Å². The third-order valence-corrected chi connectivity index (χ3v) is 6.58. The van der Waals surface area contributed by atoms with Gasteiger partial charge in [-0.2, -0.15) is 0 Å². The van der Waals surface area contributed by atoms with Crippen LogP contribution in [0.4, 0.5) is 10.2 Å². The van der Waals surface area contributed by atoms with Gasteiger partial charge in [-0.05, 0) is 55.3 Å². The molecule has 35 heavy (non-hydrogen) atoms. The van der Waals surface area contributed by atoms with Crippen molar-refractivity contribution in [3.05, 3.63) is 65.5 Å². The predicted molar refractivity (Wildman–Crippen MR) is 131 cm³/mol. The molecule has 184 valence electrons. The number of amides is 1. The molecule has 5 rings (SSSR count). The lowest BCUT2D eigenvalue weighted by atomic mass is 10.1. The molecule has 2 aliphatic rings. The fourth-order valence-corrected chi connectivity index (χ4v) is 4.71. The molecule has 0 saturated carbocycles. The molecule has 1 aromatic heterocycles. The summed E-state index contributed by atoms with van der Waals surface area (Å²) in [5, 5.41) is 0.976. The second-order valence-corrected chi connectivity index (χ2v) is 8.96. The van der Waals surface area contributed by atoms with Gasteiger partial charge in [-0.25, -0.2) is 9.37 Å². The number of halogens is 1. The van der Waals surface area contributed by atoms with Crippen molar-refractivity contribution < 1.29 is 23.4 Å². The molecule has 3 heterocycles. The molecule has 2 aromatic carbocycles. The maximum atomic E-state index is 13.6. The third kappa shape index (κ3) is 5.39. The number of anilines is 1. The van der Waals surface area contributed by atoms with Gasteiger partial charge in [-0.3, -0.25) is 4.79 Å². The van der Waals surface area contributed by atoms with Crippen LogP contribution in [-0.2, 0) is 16.0 Å². The fourth-order valence-electron chi connectivity index (χ4n) is 4.71. The van der Waals surface area contributed by atoms with Crippen molar-refractivity contribution in [2.45, 2.75) is 25.5 Å². The quantitative estimate of drug-likeness (QED) is 0.510. The molecule has 0 N–H and O–H groups in total. The number of hydrogen-bond donors (Lipinski definition) is 0. The van der Waals surface area contributed by atoms with Crippen LogP contribution >= 0.6 is 0 Å². The zero-order valence-electron chi connectivity index (χ0n) is 19.9. The van der Waals surface area contributed by atoms with E-state index in [-0.39, 0.29) is 17.8 Å². The molecule has 0 bridgehead atoms. The monoisotopic (exact) mass is 479 g/mol. The summed E-state index contributed by atoms with van der Waals surface area (Å²) < 4.78 is 30.3. The van der Waals surface area contributed by atoms with E-state index in [4.69, 9.17) is 19.2 Å². The van der Waals surface area contributed by atoms with E-state index in [0.29, 0.717) is 38.5 Å². The van der Waals surface area contributed by atoms with Gasteiger partial charge in [0.1, 0.15) is 17.4 Å². The predicted octanol–water partition coefficient (Wildman–Crippen LogP) is 4.04. The van der Waals surface area contributed by atoms with Crippen LogP contribution in [0.3, 0.4) is 0 Å². The number of morpholine rings is 1. The van der Waals surface area contributed by atoms with E-state index >= 15 is 0 Å². The smallest absolute Gasteiger partial charge is 0.254 e. The van der Waals surface area contributed by atoms with Crippen LogP contribution in [0.2, 0.25) is 0 Å². The number of carbonyl (C=O) groups excluding carboxylic acids is 1. The Bertz CT molecular complexity index is 1180. The van der Waals surface area contributed by atoms with Gasteiger partial charge >= 0.3 is 0 Å². The molecule has 8 heteroatoms. The van der Waals surface area contributed by atoms with E-state index in [2.05, 4.69) is 11.0 Å². The van der Waals surface area contributed by atoms with E-state index in [9.17, 15) is 9.18 Å². The first kappa shape index (κ1) is 23.5. The van der Waals surface area contributed by atoms with Gasteiger partial charge in [-0.15, -0.1) is 0 Å². The zero-order valence-corrected chi connectivity index (χ0v) is 19.9. The molecule has 0 aliphatic carbocycles. The van der Waals surface area contributed by atoms with Gasteiger partial charge in [0.15, 0.2) is 0 Å². The van der Waals surface area contributed by atoms with Crippen molar-refractivity contribution in [1.29, 1.82) is 0 Å². The summed E-state index contributed by atoms with van der Waals surface area (Å²) in [7, 11) is 1.64. The van der Waals surface area contributed by atoms with Crippen LogP contribution in [0.5, 0.6) is 5.75 Å². The average molecular weight is 480 g/mol. The SMILES string of the molecule is COc1ccc2cc(CN(CC3CCCO3)C(=O)c3ccc(F)cc3)c(N3CCOCC3)nc2c1. The number of rotatable bonds is 7. The number of benzene rings is 2. The Hall–Kier alpha value is -3.23. The molecule has 1 atom stereocenters. The van der Waals surface area contributed by atoms with Crippen molar-refractivity contribution in [3.8, 4) is 5.75 Å². The van der Waals surface area contributed by atoms with Gasteiger partial charge in [0, 0.05) is 55.4 Å². The summed E-state index contributed by atoms with van der Waals surface area (Å²) >= 11 is 0. The Kier molecular flexibility index (Phi) is 7.11. The standard InChI is InChI=1S/C27H30FN3O4/c1-33-23-9-6-20-15-21(26(29-25(20)16-23)30-10-13-34-14-11-30)17-31(18-24-3-2-12-35-24)27(32)19-4-7-22(28)8-5-19/h4-9,15-16,24H,2-3,10-14,17-18H2,1H3. The first-order chi connectivity index (χ1) is 17.1. The molecule has 3 aromatic rings. The highest BCUT2D eigenvalue weighted by atomic mass is 19.1. The van der Waals surface area contributed by atoms with Crippen molar-refractivity contribution in [1.82, 2.24) is 9.88 Å². The average Bonchev–Trinajstić information content (AvgIpc) is 3.41. The summed E-state index contributed by atoms with van der Waals surface area (Å²) in [6.45, 7) is 4.27. The lowest BCUT2D eigenvalue weighted by Gasteiger charge is -2.32. The van der Waals surface area contributed by atoms with E-state index in [1.165, 1.54) is 24.3 Å². The van der Waals surface area contributed by atoms with Gasteiger partial charge in [-0.1, -0.05) is 0 Å². The summed E-state index contributed by atoms with van der Waals surface area (Å²) in [6, 6.07) is 13.6. The van der Waals surface area contributed by atoms with Gasteiger partial charge in [0.2, 0.25) is 0 Å². The van der Waals surface area contributed by atoms with E-state index in [1.807, 2.05) is 18.2 Å². The Balaban J connectivity index is 1.52. The van der Waals surface area contributed by atoms with Crippen molar-refractivity contribution in [3.63, 3.8) is 0 Å². The Morgan fingerprint density at radius 3 is 2.66 bits per heavy atom. The normalized spacial score (nSPS) is 18.1. The van der Waals surface area contributed by atoms with Crippen LogP contribution < -0.4 is 9.64 Å². The number of aromatic nitrogens is 1. The number of methoxy groups -OCH3 is 1. The third-order valence-electron chi connectivity index (χ3n) is 6.58. The fraction of sp³-hybridized carbons (Fsp3) is 0.407. The summed E-state index contributed by atoms with van der Waals surface area (Å²) in [4.78, 5) is 22.6. The molecular weight excluding hydrogens is 449 g/mol. The lowest BCUT2D eigenvalue weighted by Crippen LogP contribution is -2.40. The molecule has 2 saturated heterocycles. The first-order valence-electron chi connectivity index (χ1n) is 12.1. The second kappa shape index (κ2) is 10.6. The minimum Gasteiger partial charge on any atom is -0.497 e. The second-order valence-electron chi connectivity index (χ2n) is 8.96. The number of pyridine rings is 1. The minimum atomic E-state index is -0.365. The maximum absolute atomic E-state index is 13.6. The first-order valence-corrected chi connectivity index (χ1v) is 12.1. The van der Waals surface area contributed by atoms with Crippen LogP contribution in [0.25, 0.3) is 10.9 Å². The lowest BCUT2D eigenvalue weighted by molar-refractivity contribution is 0.0507. The summed E-state index contributed by atoms with van der Waals surface area (Å²) in [5.41, 5.74) is 2.25. The number of fused-ring (bicyclic) bond motifs is 1. The molecule has 0 radical (unpaired) electrons. The van der Waals surface area contributed by atoms with E-state index < -0.39 is 0 Å². The molecule has 0 spiro atoms. The topological polar surface area (TPSA) is 64.1 Å². The molecule has 1 unspecified atom stereocenters. The number of carbonyl (C=O) groups is 1. The molecule has 7 nitrogen and oxygen atoms in total. The maximum Gasteiger partial charge on any atom is 0.254 e. The van der Waals surface area contributed by atoms with E-state index in [1.54, 1.807) is 12.0 Å². The van der Waals surface area contributed by atoms with Gasteiger partial charge < -0.3 is 24.0 Å². The largest absolute Gasteiger partial charge is 0.497 e. The summed E-state index contributed by atoms with van der Waals surface area (Å²) in [5.74, 6) is 1.08. The van der Waals surface area contributed by atoms with Crippen LogP contribution in [-0.4, -0.2) is 68.5 Å². The highest BCUT2D eigenvalue weighted by Gasteiger charge is 2.26. The Labute approximate surface area is 204 Å². The highest BCUT2D eigenvalue weighted by Crippen LogP contribution is 2.29. The highest BCUT2D eigenvalue weighted by molar-refractivity contribution is 5.94. The zero-order chi connectivity index (χ0) is 24.2. The minimum absolute atomic E-state index is 0.0103. The van der Waals surface area contributed by atoms with Crippen LogP contribution in [0, 0.1) is 5.82 Å². The van der Waals surface area contributed by atoms with Gasteiger partial charge in [0.05, 0.1) is 31.9 Å². The number of hydrogen-bond acceptors (Lipinski definition) is 6. The Morgan fingerprint density at radius 1 is 1.14 bits per heavy atom. The van der Waals surface area contributed by atoms with Crippen molar-refractivity contribution in [2.75, 3.05) is 51.5 Å². The molecular formula is C27H30FN3O4. The number of ether oxygens (including phenoxy) is 3. The van der Waals surface area contributed by atoms with E-state index in [0.717, 1.165) is 54.0 Å².